The molecule has 0 amide bonds. The third-order valence-corrected chi connectivity index (χ3v) is 3.83. The van der Waals surface area contributed by atoms with Crippen molar-refractivity contribution in [2.75, 3.05) is 26.4 Å². The quantitative estimate of drug-likeness (QED) is 0.766. The van der Waals surface area contributed by atoms with Crippen LogP contribution in [0.3, 0.4) is 0 Å². The topological polar surface area (TPSA) is 83.7 Å². The van der Waals surface area contributed by atoms with E-state index in [2.05, 4.69) is 10.1 Å². The van der Waals surface area contributed by atoms with Crippen molar-refractivity contribution in [2.45, 2.75) is 37.7 Å². The number of rotatable bonds is 4. The van der Waals surface area contributed by atoms with Crippen LogP contribution in [0.15, 0.2) is 4.52 Å². The van der Waals surface area contributed by atoms with Crippen LogP contribution in [0.25, 0.3) is 0 Å². The smallest absolute Gasteiger partial charge is 0.321 e. The van der Waals surface area contributed by atoms with Crippen molar-refractivity contribution < 1.29 is 23.5 Å². The van der Waals surface area contributed by atoms with Gasteiger partial charge in [0.25, 0.3) is 0 Å². The molecular formula is C13H18N2O5. The molecule has 0 bridgehead atoms. The lowest BCUT2D eigenvalue weighted by atomic mass is 9.68. The highest BCUT2D eigenvalue weighted by Crippen LogP contribution is 2.44. The molecule has 2 fully saturated rings. The summed E-state index contributed by atoms with van der Waals surface area (Å²) >= 11 is 0. The van der Waals surface area contributed by atoms with Gasteiger partial charge in [0, 0.05) is 0 Å². The fourth-order valence-electron chi connectivity index (χ4n) is 2.50. The Labute approximate surface area is 116 Å². The van der Waals surface area contributed by atoms with Gasteiger partial charge in [-0.05, 0) is 19.8 Å². The predicted molar refractivity (Wildman–Crippen MR) is 66.0 cm³/mol. The van der Waals surface area contributed by atoms with E-state index in [1.807, 2.05) is 0 Å². The van der Waals surface area contributed by atoms with E-state index in [9.17, 15) is 4.79 Å². The maximum Gasteiger partial charge on any atom is 0.321 e. The molecule has 1 aliphatic heterocycles. The first-order valence-corrected chi connectivity index (χ1v) is 6.97. The number of nitrogens with zero attached hydrogens (tertiary/aromatic N) is 2. The maximum absolute atomic E-state index is 12.1. The zero-order valence-corrected chi connectivity index (χ0v) is 11.5. The Balaban J connectivity index is 1.79. The predicted octanol–water partition coefficient (Wildman–Crippen LogP) is 1.14. The van der Waals surface area contributed by atoms with E-state index in [1.165, 1.54) is 0 Å². The molecule has 7 nitrogen and oxygen atoms in total. The minimum atomic E-state index is -0.753. The van der Waals surface area contributed by atoms with E-state index < -0.39 is 5.41 Å². The zero-order chi connectivity index (χ0) is 14.0. The Morgan fingerprint density at radius 1 is 1.45 bits per heavy atom. The van der Waals surface area contributed by atoms with E-state index in [1.54, 1.807) is 6.92 Å². The molecule has 0 aromatic carbocycles. The van der Waals surface area contributed by atoms with Crippen LogP contribution in [0.1, 0.15) is 44.0 Å². The van der Waals surface area contributed by atoms with Crippen molar-refractivity contribution in [3.63, 3.8) is 0 Å². The lowest BCUT2D eigenvalue weighted by Crippen LogP contribution is -2.44. The van der Waals surface area contributed by atoms with Crippen molar-refractivity contribution in [1.82, 2.24) is 10.1 Å². The number of hydrogen-bond acceptors (Lipinski definition) is 7. The Morgan fingerprint density at radius 3 is 2.90 bits per heavy atom. The van der Waals surface area contributed by atoms with Gasteiger partial charge in [-0.25, -0.2) is 0 Å². The van der Waals surface area contributed by atoms with Gasteiger partial charge in [-0.3, -0.25) is 4.79 Å². The van der Waals surface area contributed by atoms with Gasteiger partial charge in [0.1, 0.15) is 11.5 Å². The van der Waals surface area contributed by atoms with Gasteiger partial charge in [0.15, 0.2) is 0 Å². The summed E-state index contributed by atoms with van der Waals surface area (Å²) in [6, 6.07) is 0. The van der Waals surface area contributed by atoms with Crippen LogP contribution < -0.4 is 0 Å². The molecule has 2 heterocycles. The van der Waals surface area contributed by atoms with E-state index in [0.29, 0.717) is 51.0 Å². The molecule has 20 heavy (non-hydrogen) atoms. The van der Waals surface area contributed by atoms with Crippen molar-refractivity contribution in [3.05, 3.63) is 11.7 Å². The van der Waals surface area contributed by atoms with Gasteiger partial charge in [0.05, 0.1) is 26.4 Å². The molecule has 110 valence electrons. The fraction of sp³-hybridized carbons (Fsp3) is 0.769. The highest BCUT2D eigenvalue weighted by Gasteiger charge is 2.52. The SMILES string of the molecule is CCOC(=O)C1(c2nc(C3COCCO3)no2)CCC1. The minimum Gasteiger partial charge on any atom is -0.465 e. The summed E-state index contributed by atoms with van der Waals surface area (Å²) in [6.07, 6.45) is 2.02. The van der Waals surface area contributed by atoms with Crippen molar-refractivity contribution in [3.8, 4) is 0 Å². The largest absolute Gasteiger partial charge is 0.465 e. The molecule has 1 atom stereocenters. The summed E-state index contributed by atoms with van der Waals surface area (Å²) in [5, 5.41) is 3.93. The highest BCUT2D eigenvalue weighted by atomic mass is 16.6. The highest BCUT2D eigenvalue weighted by molar-refractivity contribution is 5.83. The lowest BCUT2D eigenvalue weighted by molar-refractivity contribution is -0.155. The maximum atomic E-state index is 12.1. The number of carbonyl (C=O) groups is 1. The summed E-state index contributed by atoms with van der Waals surface area (Å²) in [7, 11) is 0. The summed E-state index contributed by atoms with van der Waals surface area (Å²) < 4.78 is 21.3. The van der Waals surface area contributed by atoms with Crippen molar-refractivity contribution in [2.24, 2.45) is 0 Å². The van der Waals surface area contributed by atoms with Crippen LogP contribution in [0.2, 0.25) is 0 Å². The van der Waals surface area contributed by atoms with Crippen LogP contribution in [0, 0.1) is 0 Å². The second-order valence-electron chi connectivity index (χ2n) is 5.05. The van der Waals surface area contributed by atoms with Crippen molar-refractivity contribution >= 4 is 5.97 Å². The molecule has 1 unspecified atom stereocenters. The normalized spacial score (nSPS) is 24.9. The molecule has 0 N–H and O–H groups in total. The molecule has 1 saturated heterocycles. The van der Waals surface area contributed by atoms with Crippen LogP contribution in [-0.4, -0.2) is 42.5 Å². The van der Waals surface area contributed by atoms with Gasteiger partial charge in [-0.15, -0.1) is 0 Å². The Bertz CT molecular complexity index is 477. The second-order valence-corrected chi connectivity index (χ2v) is 5.05. The Kier molecular flexibility index (Phi) is 3.71. The molecular weight excluding hydrogens is 264 g/mol. The third-order valence-electron chi connectivity index (χ3n) is 3.83. The molecule has 1 saturated carbocycles. The zero-order valence-electron chi connectivity index (χ0n) is 11.5. The van der Waals surface area contributed by atoms with Gasteiger partial charge < -0.3 is 18.7 Å². The summed E-state index contributed by atoms with van der Waals surface area (Å²) in [6.45, 7) is 3.63. The number of aromatic nitrogens is 2. The molecule has 0 spiro atoms. The standard InChI is InChI=1S/C13H18N2O5/c1-2-18-12(16)13(4-3-5-13)11-14-10(15-20-11)9-8-17-6-7-19-9/h9H,2-8H2,1H3. The van der Waals surface area contributed by atoms with Gasteiger partial charge in [-0.2, -0.15) is 4.98 Å². The van der Waals surface area contributed by atoms with Gasteiger partial charge in [0.2, 0.25) is 11.7 Å². The van der Waals surface area contributed by atoms with Crippen molar-refractivity contribution in [1.29, 1.82) is 0 Å². The first kappa shape index (κ1) is 13.5. The van der Waals surface area contributed by atoms with E-state index in [-0.39, 0.29) is 12.1 Å². The number of carbonyl (C=O) groups excluding carboxylic acids is 1. The first-order valence-electron chi connectivity index (χ1n) is 6.97. The van der Waals surface area contributed by atoms with E-state index in [0.717, 1.165) is 6.42 Å². The van der Waals surface area contributed by atoms with Crippen LogP contribution in [-0.2, 0) is 24.4 Å². The Morgan fingerprint density at radius 2 is 2.30 bits per heavy atom. The number of ether oxygens (including phenoxy) is 3. The summed E-state index contributed by atoms with van der Waals surface area (Å²) in [4.78, 5) is 16.5. The van der Waals surface area contributed by atoms with Gasteiger partial charge >= 0.3 is 5.97 Å². The van der Waals surface area contributed by atoms with Gasteiger partial charge in [-0.1, -0.05) is 11.6 Å². The number of esters is 1. The third kappa shape index (κ3) is 2.20. The monoisotopic (exact) mass is 282 g/mol. The molecule has 3 rings (SSSR count). The average molecular weight is 282 g/mol. The molecule has 2 aliphatic rings. The fourth-order valence-corrected chi connectivity index (χ4v) is 2.50. The Hall–Kier alpha value is -1.47. The molecule has 7 heteroatoms. The van der Waals surface area contributed by atoms with Crippen LogP contribution in [0.5, 0.6) is 0 Å². The second kappa shape index (κ2) is 5.49. The summed E-state index contributed by atoms with van der Waals surface area (Å²) in [5.74, 6) is 0.504. The van der Waals surface area contributed by atoms with Crippen LogP contribution >= 0.6 is 0 Å². The molecule has 0 radical (unpaired) electrons. The summed E-state index contributed by atoms with van der Waals surface area (Å²) in [5.41, 5.74) is -0.753. The average Bonchev–Trinajstić information content (AvgIpc) is 2.89. The minimum absolute atomic E-state index is 0.276. The first-order chi connectivity index (χ1) is 9.76. The van der Waals surface area contributed by atoms with Crippen LogP contribution in [0.4, 0.5) is 0 Å². The molecule has 1 aromatic rings. The molecule has 1 aliphatic carbocycles. The lowest BCUT2D eigenvalue weighted by Gasteiger charge is -2.35. The number of hydrogen-bond donors (Lipinski definition) is 0. The van der Waals surface area contributed by atoms with E-state index >= 15 is 0 Å². The molecule has 1 aromatic heterocycles. The van der Waals surface area contributed by atoms with E-state index in [4.69, 9.17) is 18.7 Å².